The first-order valence-electron chi connectivity index (χ1n) is 9.63. The molecule has 15 nitrogen and oxygen atoms in total. The number of aliphatic carboxylic acids is 1. The van der Waals surface area contributed by atoms with Crippen LogP contribution in [0.15, 0.2) is 17.5 Å². The van der Waals surface area contributed by atoms with Gasteiger partial charge in [0.1, 0.15) is 12.1 Å². The Labute approximate surface area is 183 Å². The highest BCUT2D eigenvalue weighted by Gasteiger charge is 2.26. The number of carboxylic acid groups (broad SMARTS) is 1. The minimum absolute atomic E-state index is 0.0689. The summed E-state index contributed by atoms with van der Waals surface area (Å²) in [5.74, 6) is -3.70. The first-order chi connectivity index (χ1) is 15.1. The summed E-state index contributed by atoms with van der Waals surface area (Å²) in [6.45, 7) is -1.13. The minimum atomic E-state index is -1.54. The Hall–Kier alpha value is -3.72. The number of nitrogens with one attached hydrogen (secondary N) is 4. The number of H-pyrrole nitrogens is 1. The van der Waals surface area contributed by atoms with E-state index in [0.717, 1.165) is 0 Å². The number of aromatic amines is 1. The molecule has 32 heavy (non-hydrogen) atoms. The number of guanidine groups is 1. The number of carbonyl (C=O) groups is 4. The van der Waals surface area contributed by atoms with E-state index in [9.17, 15) is 19.2 Å². The molecule has 12 N–H and O–H groups in total. The molecule has 15 heteroatoms. The fourth-order valence-electron chi connectivity index (χ4n) is 2.50. The van der Waals surface area contributed by atoms with Crippen molar-refractivity contribution in [2.75, 3.05) is 19.7 Å². The third-order valence-corrected chi connectivity index (χ3v) is 4.15. The molecule has 0 aliphatic heterocycles. The molecule has 0 aliphatic rings. The molecule has 3 atom stereocenters. The molecule has 0 spiro atoms. The lowest BCUT2D eigenvalue weighted by molar-refractivity contribution is -0.143. The molecule has 0 saturated carbocycles. The number of nitrogens with two attached hydrogens (primary N) is 3. The third kappa shape index (κ3) is 9.86. The molecule has 3 amide bonds. The van der Waals surface area contributed by atoms with Crippen LogP contribution in [0.1, 0.15) is 18.5 Å². The van der Waals surface area contributed by atoms with Crippen molar-refractivity contribution in [3.63, 3.8) is 0 Å². The van der Waals surface area contributed by atoms with E-state index in [0.29, 0.717) is 5.69 Å². The van der Waals surface area contributed by atoms with Gasteiger partial charge in [-0.15, -0.1) is 0 Å². The molecule has 0 radical (unpaired) electrons. The summed E-state index contributed by atoms with van der Waals surface area (Å²) in [4.78, 5) is 58.1. The summed E-state index contributed by atoms with van der Waals surface area (Å²) >= 11 is 0. The first-order valence-corrected chi connectivity index (χ1v) is 9.63. The van der Waals surface area contributed by atoms with Crippen molar-refractivity contribution in [2.24, 2.45) is 22.2 Å². The van der Waals surface area contributed by atoms with Crippen LogP contribution in [-0.4, -0.2) is 87.7 Å². The summed E-state index contributed by atoms with van der Waals surface area (Å²) in [5, 5.41) is 24.9. The second-order valence-corrected chi connectivity index (χ2v) is 6.76. The van der Waals surface area contributed by atoms with E-state index in [2.05, 4.69) is 30.9 Å². The van der Waals surface area contributed by atoms with E-state index in [1.165, 1.54) is 12.5 Å². The summed E-state index contributed by atoms with van der Waals surface area (Å²) in [5.41, 5.74) is 16.9. The SMILES string of the molecule is NC(N)=NCCCC(NC(=O)CNC(=O)C(N)Cc1cnc[nH]1)C(=O)NC(CO)C(=O)O. The van der Waals surface area contributed by atoms with E-state index >= 15 is 0 Å². The number of aliphatic imine (C=N–C) groups is 1. The normalized spacial score (nSPS) is 13.3. The Morgan fingerprint density at radius 3 is 2.44 bits per heavy atom. The van der Waals surface area contributed by atoms with Crippen LogP contribution in [0.2, 0.25) is 0 Å². The number of aliphatic hydroxyl groups excluding tert-OH is 1. The molecule has 0 aromatic carbocycles. The summed E-state index contributed by atoms with van der Waals surface area (Å²) in [7, 11) is 0. The number of nitrogens with zero attached hydrogens (tertiary/aromatic N) is 2. The van der Waals surface area contributed by atoms with Crippen LogP contribution in [0.25, 0.3) is 0 Å². The van der Waals surface area contributed by atoms with E-state index in [1.54, 1.807) is 0 Å². The highest BCUT2D eigenvalue weighted by molar-refractivity contribution is 5.92. The van der Waals surface area contributed by atoms with Crippen molar-refractivity contribution in [3.8, 4) is 0 Å². The number of aliphatic hydroxyl groups is 1. The van der Waals surface area contributed by atoms with Crippen LogP contribution >= 0.6 is 0 Å². The summed E-state index contributed by atoms with van der Waals surface area (Å²) < 4.78 is 0. The maximum Gasteiger partial charge on any atom is 0.328 e. The molecule has 3 unspecified atom stereocenters. The monoisotopic (exact) mass is 455 g/mol. The molecule has 0 bridgehead atoms. The molecule has 0 saturated heterocycles. The minimum Gasteiger partial charge on any atom is -0.480 e. The van der Waals surface area contributed by atoms with Gasteiger partial charge in [0, 0.05) is 24.9 Å². The Balaban J connectivity index is 2.63. The van der Waals surface area contributed by atoms with Gasteiger partial charge in [0.25, 0.3) is 0 Å². The molecule has 0 fully saturated rings. The molecule has 1 rings (SSSR count). The number of hydrogen-bond donors (Lipinski definition) is 9. The largest absolute Gasteiger partial charge is 0.480 e. The van der Waals surface area contributed by atoms with Gasteiger partial charge in [-0.1, -0.05) is 0 Å². The van der Waals surface area contributed by atoms with Crippen LogP contribution in [0.5, 0.6) is 0 Å². The van der Waals surface area contributed by atoms with Gasteiger partial charge in [-0.25, -0.2) is 9.78 Å². The zero-order valence-electron chi connectivity index (χ0n) is 17.3. The van der Waals surface area contributed by atoms with Crippen LogP contribution in [0, 0.1) is 0 Å². The molecule has 178 valence electrons. The van der Waals surface area contributed by atoms with Gasteiger partial charge in [-0.2, -0.15) is 0 Å². The Morgan fingerprint density at radius 1 is 1.16 bits per heavy atom. The van der Waals surface area contributed by atoms with E-state index in [1.807, 2.05) is 0 Å². The number of imidazole rings is 1. The molecule has 1 heterocycles. The number of carboxylic acids is 1. The molecular weight excluding hydrogens is 426 g/mol. The highest BCUT2D eigenvalue weighted by atomic mass is 16.4. The number of amides is 3. The fourth-order valence-corrected chi connectivity index (χ4v) is 2.50. The smallest absolute Gasteiger partial charge is 0.328 e. The van der Waals surface area contributed by atoms with Gasteiger partial charge in [-0.05, 0) is 12.8 Å². The fraction of sp³-hybridized carbons (Fsp3) is 0.529. The van der Waals surface area contributed by atoms with Gasteiger partial charge in [0.05, 0.1) is 25.5 Å². The molecule has 1 aromatic rings. The molecule has 1 aromatic heterocycles. The number of aromatic nitrogens is 2. The predicted octanol–water partition coefficient (Wildman–Crippen LogP) is -4.50. The van der Waals surface area contributed by atoms with Crippen molar-refractivity contribution in [2.45, 2.75) is 37.4 Å². The van der Waals surface area contributed by atoms with Crippen LogP contribution in [0.3, 0.4) is 0 Å². The predicted molar refractivity (Wildman–Crippen MR) is 112 cm³/mol. The van der Waals surface area contributed by atoms with Crippen molar-refractivity contribution < 1.29 is 29.4 Å². The lowest BCUT2D eigenvalue weighted by Crippen LogP contribution is -2.54. The van der Waals surface area contributed by atoms with E-state index in [-0.39, 0.29) is 31.8 Å². The van der Waals surface area contributed by atoms with E-state index in [4.69, 9.17) is 27.4 Å². The van der Waals surface area contributed by atoms with Gasteiger partial charge in [0.15, 0.2) is 5.96 Å². The quantitative estimate of drug-likeness (QED) is 0.0736. The third-order valence-electron chi connectivity index (χ3n) is 4.15. The average molecular weight is 455 g/mol. The van der Waals surface area contributed by atoms with Crippen LogP contribution in [0.4, 0.5) is 0 Å². The summed E-state index contributed by atoms with van der Waals surface area (Å²) in [6, 6.07) is -3.62. The number of carbonyl (C=O) groups excluding carboxylic acids is 3. The van der Waals surface area contributed by atoms with Crippen molar-refractivity contribution >= 4 is 29.7 Å². The molecular formula is C17H29N9O6. The van der Waals surface area contributed by atoms with Crippen LogP contribution < -0.4 is 33.2 Å². The second-order valence-electron chi connectivity index (χ2n) is 6.76. The Kier molecular flexibility index (Phi) is 11.1. The lowest BCUT2D eigenvalue weighted by atomic mass is 10.1. The maximum atomic E-state index is 12.4. The standard InChI is InChI=1S/C17H29N9O6/c18-10(4-9-5-21-8-24-9)14(29)23-6-13(28)25-11(2-1-3-22-17(19)20)15(30)26-12(7-27)16(31)32/h5,8,10-12,27H,1-4,6-7,18H2,(H,21,24)(H,23,29)(H,25,28)(H,26,30)(H,31,32)(H4,19,20,22). The lowest BCUT2D eigenvalue weighted by Gasteiger charge is -2.21. The maximum absolute atomic E-state index is 12.4. The Morgan fingerprint density at radius 2 is 1.88 bits per heavy atom. The first kappa shape index (κ1) is 26.3. The van der Waals surface area contributed by atoms with Gasteiger partial charge in [-0.3, -0.25) is 19.4 Å². The molecule has 0 aliphatic carbocycles. The van der Waals surface area contributed by atoms with Crippen molar-refractivity contribution in [3.05, 3.63) is 18.2 Å². The number of rotatable bonds is 14. The van der Waals surface area contributed by atoms with E-state index < -0.39 is 55.0 Å². The average Bonchev–Trinajstić information content (AvgIpc) is 3.24. The van der Waals surface area contributed by atoms with Gasteiger partial charge in [0.2, 0.25) is 17.7 Å². The van der Waals surface area contributed by atoms with Crippen LogP contribution in [-0.2, 0) is 25.6 Å². The Bertz CT molecular complexity index is 794. The second kappa shape index (κ2) is 13.6. The van der Waals surface area contributed by atoms with Gasteiger partial charge >= 0.3 is 5.97 Å². The topological polar surface area (TPSA) is 264 Å². The zero-order chi connectivity index (χ0) is 24.1. The van der Waals surface area contributed by atoms with Crippen molar-refractivity contribution in [1.29, 1.82) is 0 Å². The zero-order valence-corrected chi connectivity index (χ0v) is 17.3. The highest BCUT2D eigenvalue weighted by Crippen LogP contribution is 2.00. The summed E-state index contributed by atoms with van der Waals surface area (Å²) in [6.07, 6.45) is 3.49. The van der Waals surface area contributed by atoms with Crippen molar-refractivity contribution in [1.82, 2.24) is 25.9 Å². The number of hydrogen-bond acceptors (Lipinski definition) is 8. The van der Waals surface area contributed by atoms with Gasteiger partial charge < -0.3 is 48.3 Å².